The summed E-state index contributed by atoms with van der Waals surface area (Å²) in [7, 11) is 3.71. The average Bonchev–Trinajstić information content (AvgIpc) is 2.88. The lowest BCUT2D eigenvalue weighted by Gasteiger charge is -2.19. The Morgan fingerprint density at radius 3 is 3.19 bits per heavy atom. The van der Waals surface area contributed by atoms with E-state index in [4.69, 9.17) is 0 Å². The van der Waals surface area contributed by atoms with Gasteiger partial charge in [0.1, 0.15) is 0 Å². The van der Waals surface area contributed by atoms with Gasteiger partial charge in [0, 0.05) is 44.0 Å². The van der Waals surface area contributed by atoms with Crippen LogP contribution in [-0.4, -0.2) is 45.3 Å². The Balaban J connectivity index is 1.91. The maximum atomic E-state index is 12.0. The van der Waals surface area contributed by atoms with Gasteiger partial charge in [-0.15, -0.1) is 11.8 Å². The highest BCUT2D eigenvalue weighted by atomic mass is 32.2. The average molecular weight is 240 g/mol. The van der Waals surface area contributed by atoms with Crippen LogP contribution < -0.4 is 5.32 Å². The van der Waals surface area contributed by atoms with Crippen molar-refractivity contribution in [2.75, 3.05) is 18.7 Å². The van der Waals surface area contributed by atoms with E-state index < -0.39 is 0 Å². The smallest absolute Gasteiger partial charge is 0.240 e. The molecule has 1 aromatic rings. The highest BCUT2D eigenvalue weighted by molar-refractivity contribution is 7.99. The van der Waals surface area contributed by atoms with Crippen LogP contribution in [-0.2, 0) is 18.4 Å². The van der Waals surface area contributed by atoms with E-state index in [9.17, 15) is 4.79 Å². The normalized spacial score (nSPS) is 20.0. The Hall–Kier alpha value is -1.01. The van der Waals surface area contributed by atoms with Gasteiger partial charge in [-0.05, 0) is 0 Å². The molecule has 0 bridgehead atoms. The van der Waals surface area contributed by atoms with Gasteiger partial charge in [0.15, 0.2) is 0 Å². The minimum absolute atomic E-state index is 0.0216. The van der Waals surface area contributed by atoms with E-state index in [0.717, 1.165) is 17.2 Å². The predicted octanol–water partition coefficient (Wildman–Crippen LogP) is 0.0410. The molecule has 2 rings (SSSR count). The van der Waals surface area contributed by atoms with E-state index >= 15 is 0 Å². The number of hydrogen-bond acceptors (Lipinski definition) is 4. The van der Waals surface area contributed by atoms with Gasteiger partial charge >= 0.3 is 0 Å². The molecule has 1 aliphatic rings. The summed E-state index contributed by atoms with van der Waals surface area (Å²) in [5.41, 5.74) is 1.06. The lowest BCUT2D eigenvalue weighted by Crippen LogP contribution is -2.42. The van der Waals surface area contributed by atoms with Crippen LogP contribution in [0.5, 0.6) is 0 Å². The third-order valence-electron chi connectivity index (χ3n) is 2.57. The van der Waals surface area contributed by atoms with Gasteiger partial charge in [-0.25, -0.2) is 0 Å². The third-order valence-corrected chi connectivity index (χ3v) is 3.51. The fourth-order valence-corrected chi connectivity index (χ4v) is 2.66. The first kappa shape index (κ1) is 11.5. The quantitative estimate of drug-likeness (QED) is 0.810. The maximum Gasteiger partial charge on any atom is 0.240 e. The Bertz CT molecular complexity index is 373. The lowest BCUT2D eigenvalue weighted by molar-refractivity contribution is -0.131. The van der Waals surface area contributed by atoms with Gasteiger partial charge in [0.2, 0.25) is 5.91 Å². The fourth-order valence-electron chi connectivity index (χ4n) is 1.73. The van der Waals surface area contributed by atoms with Crippen LogP contribution >= 0.6 is 11.8 Å². The van der Waals surface area contributed by atoms with Crippen molar-refractivity contribution in [1.29, 1.82) is 0 Å². The van der Waals surface area contributed by atoms with Crippen molar-refractivity contribution in [3.05, 3.63) is 18.0 Å². The number of likely N-dealkylation sites (N-methyl/N-ethyl adjacent to an activating group) is 1. The Morgan fingerprint density at radius 1 is 1.81 bits per heavy atom. The number of aryl methyl sites for hydroxylation is 1. The lowest BCUT2D eigenvalue weighted by atomic mass is 10.2. The van der Waals surface area contributed by atoms with Crippen LogP contribution in [0.2, 0.25) is 0 Å². The molecule has 1 amide bonds. The number of hydrogen-bond donors (Lipinski definition) is 1. The van der Waals surface area contributed by atoms with Crippen molar-refractivity contribution in [3.8, 4) is 0 Å². The van der Waals surface area contributed by atoms with Crippen molar-refractivity contribution in [1.82, 2.24) is 20.0 Å². The molecule has 1 atom stereocenters. The first-order chi connectivity index (χ1) is 7.66. The van der Waals surface area contributed by atoms with E-state index in [0.29, 0.717) is 6.54 Å². The van der Waals surface area contributed by atoms with Gasteiger partial charge in [0.05, 0.1) is 12.2 Å². The third kappa shape index (κ3) is 2.56. The van der Waals surface area contributed by atoms with Gasteiger partial charge in [-0.3, -0.25) is 14.8 Å². The molecule has 0 aromatic carbocycles. The van der Waals surface area contributed by atoms with Gasteiger partial charge < -0.3 is 4.90 Å². The summed E-state index contributed by atoms with van der Waals surface area (Å²) in [5.74, 6) is 1.90. The van der Waals surface area contributed by atoms with Crippen molar-refractivity contribution >= 4 is 17.7 Å². The number of carbonyl (C=O) groups is 1. The van der Waals surface area contributed by atoms with E-state index in [1.54, 1.807) is 27.5 Å². The molecular weight excluding hydrogens is 224 g/mol. The number of nitrogens with one attached hydrogen (secondary N) is 1. The van der Waals surface area contributed by atoms with Crippen molar-refractivity contribution < 1.29 is 4.79 Å². The topological polar surface area (TPSA) is 50.2 Å². The standard InChI is InChI=1S/C10H16N4OS/c1-13(4-8-3-12-14(2)5-8)10(15)9-6-16-7-11-9/h3,5,9,11H,4,6-7H2,1-2H3. The molecule has 1 aromatic heterocycles. The Morgan fingerprint density at radius 2 is 2.62 bits per heavy atom. The van der Waals surface area contributed by atoms with E-state index in [1.807, 2.05) is 20.3 Å². The summed E-state index contributed by atoms with van der Waals surface area (Å²) < 4.78 is 1.75. The largest absolute Gasteiger partial charge is 0.340 e. The van der Waals surface area contributed by atoms with E-state index in [2.05, 4.69) is 10.4 Å². The first-order valence-electron chi connectivity index (χ1n) is 5.20. The molecule has 0 saturated carbocycles. The molecule has 1 N–H and O–H groups in total. The van der Waals surface area contributed by atoms with Crippen LogP contribution in [0.1, 0.15) is 5.56 Å². The first-order valence-corrected chi connectivity index (χ1v) is 6.36. The number of carbonyl (C=O) groups excluding carboxylic acids is 1. The molecule has 1 aliphatic heterocycles. The van der Waals surface area contributed by atoms with Crippen molar-refractivity contribution in [3.63, 3.8) is 0 Å². The van der Waals surface area contributed by atoms with Crippen molar-refractivity contribution in [2.24, 2.45) is 7.05 Å². The molecule has 1 saturated heterocycles. The van der Waals surface area contributed by atoms with E-state index in [-0.39, 0.29) is 11.9 Å². The Kier molecular flexibility index (Phi) is 3.50. The Labute approximate surface area is 99.2 Å². The molecule has 2 heterocycles. The summed E-state index contributed by atoms with van der Waals surface area (Å²) >= 11 is 1.76. The summed E-state index contributed by atoms with van der Waals surface area (Å²) in [6.45, 7) is 0.621. The number of rotatable bonds is 3. The van der Waals surface area contributed by atoms with Crippen LogP contribution in [0.3, 0.4) is 0 Å². The molecule has 0 spiro atoms. The molecule has 1 unspecified atom stereocenters. The zero-order valence-corrected chi connectivity index (χ0v) is 10.3. The zero-order valence-electron chi connectivity index (χ0n) is 9.51. The monoisotopic (exact) mass is 240 g/mol. The van der Waals surface area contributed by atoms with E-state index in [1.165, 1.54) is 0 Å². The molecule has 1 fully saturated rings. The van der Waals surface area contributed by atoms with Gasteiger partial charge in [-0.2, -0.15) is 5.10 Å². The van der Waals surface area contributed by atoms with Gasteiger partial charge in [0.25, 0.3) is 0 Å². The summed E-state index contributed by atoms with van der Waals surface area (Å²) in [5, 5.41) is 7.26. The minimum atomic E-state index is -0.0216. The predicted molar refractivity (Wildman–Crippen MR) is 63.9 cm³/mol. The van der Waals surface area contributed by atoms with Crippen LogP contribution in [0.4, 0.5) is 0 Å². The second-order valence-corrected chi connectivity index (χ2v) is 5.02. The second kappa shape index (κ2) is 4.88. The highest BCUT2D eigenvalue weighted by Crippen LogP contribution is 2.12. The summed E-state index contributed by atoms with van der Waals surface area (Å²) in [6.07, 6.45) is 3.72. The van der Waals surface area contributed by atoms with Crippen LogP contribution in [0, 0.1) is 0 Å². The minimum Gasteiger partial charge on any atom is -0.340 e. The number of thioether (sulfide) groups is 1. The molecule has 88 valence electrons. The molecule has 5 nitrogen and oxygen atoms in total. The zero-order chi connectivity index (χ0) is 11.5. The molecule has 16 heavy (non-hydrogen) atoms. The highest BCUT2D eigenvalue weighted by Gasteiger charge is 2.25. The molecule has 0 radical (unpaired) electrons. The fraction of sp³-hybridized carbons (Fsp3) is 0.600. The maximum absolute atomic E-state index is 12.0. The van der Waals surface area contributed by atoms with Crippen LogP contribution in [0.25, 0.3) is 0 Å². The van der Waals surface area contributed by atoms with Crippen molar-refractivity contribution in [2.45, 2.75) is 12.6 Å². The number of nitrogens with zero attached hydrogens (tertiary/aromatic N) is 3. The van der Waals surface area contributed by atoms with Gasteiger partial charge in [-0.1, -0.05) is 0 Å². The number of aromatic nitrogens is 2. The second-order valence-electron chi connectivity index (χ2n) is 3.99. The summed E-state index contributed by atoms with van der Waals surface area (Å²) in [4.78, 5) is 13.7. The van der Waals surface area contributed by atoms with Crippen LogP contribution in [0.15, 0.2) is 12.4 Å². The number of amides is 1. The molecular formula is C10H16N4OS. The molecule has 0 aliphatic carbocycles. The SMILES string of the molecule is CN(Cc1cnn(C)c1)C(=O)C1CSCN1. The molecule has 6 heteroatoms. The summed E-state index contributed by atoms with van der Waals surface area (Å²) in [6, 6.07) is -0.0216.